The predicted molar refractivity (Wildman–Crippen MR) is 81.8 cm³/mol. The zero-order valence-electron chi connectivity index (χ0n) is 12.2. The van der Waals surface area contributed by atoms with Gasteiger partial charge in [0.2, 0.25) is 11.9 Å². The molecule has 0 spiro atoms. The smallest absolute Gasteiger partial charge is 0.245 e. The maximum Gasteiger partial charge on any atom is 0.245 e. The molecular formula is C14H18ClFN4O. The summed E-state index contributed by atoms with van der Waals surface area (Å²) in [6.45, 7) is 6.75. The topological polar surface area (TPSA) is 64.2 Å². The van der Waals surface area contributed by atoms with Crippen LogP contribution in [0.1, 0.15) is 26.8 Å². The van der Waals surface area contributed by atoms with Gasteiger partial charge in [-0.05, 0) is 26.8 Å². The number of hydrogen-bond acceptors (Lipinski definition) is 3. The molecule has 1 aromatic carbocycles. The molecule has 0 bridgehead atoms. The highest BCUT2D eigenvalue weighted by atomic mass is 35.5. The van der Waals surface area contributed by atoms with Gasteiger partial charge < -0.3 is 10.6 Å². The number of carbonyl (C=O) groups is 1. The van der Waals surface area contributed by atoms with Gasteiger partial charge in [0.25, 0.3) is 0 Å². The van der Waals surface area contributed by atoms with Gasteiger partial charge >= 0.3 is 0 Å². The number of anilines is 1. The van der Waals surface area contributed by atoms with Gasteiger partial charge in [-0.3, -0.25) is 9.36 Å². The second-order valence-corrected chi connectivity index (χ2v) is 5.19. The number of nitrogen functional groups attached to an aromatic ring is 1. The van der Waals surface area contributed by atoms with E-state index < -0.39 is 11.9 Å². The van der Waals surface area contributed by atoms with Crippen LogP contribution in [0.5, 0.6) is 0 Å². The summed E-state index contributed by atoms with van der Waals surface area (Å²) in [5.41, 5.74) is 6.82. The Labute approximate surface area is 127 Å². The Kier molecular flexibility index (Phi) is 4.37. The Bertz CT molecular complexity index is 681. The third kappa shape index (κ3) is 2.68. The quantitative estimate of drug-likeness (QED) is 0.944. The van der Waals surface area contributed by atoms with Crippen LogP contribution in [-0.4, -0.2) is 33.4 Å². The van der Waals surface area contributed by atoms with Gasteiger partial charge in [0.1, 0.15) is 11.9 Å². The number of amides is 1. The summed E-state index contributed by atoms with van der Waals surface area (Å²) in [4.78, 5) is 18.3. The van der Waals surface area contributed by atoms with E-state index in [0.717, 1.165) is 0 Å². The molecule has 0 saturated heterocycles. The van der Waals surface area contributed by atoms with Crippen molar-refractivity contribution in [3.63, 3.8) is 0 Å². The summed E-state index contributed by atoms with van der Waals surface area (Å²) in [5.74, 6) is -0.478. The average molecular weight is 313 g/mol. The molecule has 1 atom stereocenters. The largest absolute Gasteiger partial charge is 0.369 e. The molecular weight excluding hydrogens is 295 g/mol. The number of imidazole rings is 1. The van der Waals surface area contributed by atoms with E-state index in [1.807, 2.05) is 13.8 Å². The second-order valence-electron chi connectivity index (χ2n) is 4.78. The fourth-order valence-corrected chi connectivity index (χ4v) is 2.58. The molecule has 1 unspecified atom stereocenters. The number of carbonyl (C=O) groups excluding carboxylic acids is 1. The van der Waals surface area contributed by atoms with Crippen molar-refractivity contribution >= 4 is 34.5 Å². The van der Waals surface area contributed by atoms with Crippen LogP contribution < -0.4 is 5.73 Å². The molecule has 0 aliphatic carbocycles. The Morgan fingerprint density at radius 1 is 1.48 bits per heavy atom. The van der Waals surface area contributed by atoms with E-state index in [1.165, 1.54) is 16.7 Å². The lowest BCUT2D eigenvalue weighted by Gasteiger charge is -2.24. The van der Waals surface area contributed by atoms with Gasteiger partial charge in [-0.25, -0.2) is 9.37 Å². The average Bonchev–Trinajstić information content (AvgIpc) is 2.75. The van der Waals surface area contributed by atoms with Crippen LogP contribution in [-0.2, 0) is 4.79 Å². The second kappa shape index (κ2) is 5.89. The van der Waals surface area contributed by atoms with E-state index in [0.29, 0.717) is 24.1 Å². The lowest BCUT2D eigenvalue weighted by Crippen LogP contribution is -2.36. The van der Waals surface area contributed by atoms with Crippen LogP contribution in [0, 0.1) is 5.82 Å². The minimum atomic E-state index is -0.562. The van der Waals surface area contributed by atoms with Crippen molar-refractivity contribution in [3.05, 3.63) is 23.0 Å². The first-order chi connectivity index (χ1) is 9.90. The SMILES string of the molecule is CCN(CC)C(=O)C(C)n1c(N)nc2cc(Cl)c(F)cc21. The molecule has 1 amide bonds. The predicted octanol–water partition coefficient (Wildman–Crippen LogP) is 2.84. The minimum Gasteiger partial charge on any atom is -0.369 e. The summed E-state index contributed by atoms with van der Waals surface area (Å²) in [6.07, 6.45) is 0. The zero-order valence-corrected chi connectivity index (χ0v) is 13.0. The van der Waals surface area contributed by atoms with Gasteiger partial charge in [-0.15, -0.1) is 0 Å². The molecule has 1 heterocycles. The number of halogens is 2. The van der Waals surface area contributed by atoms with Crippen molar-refractivity contribution in [2.24, 2.45) is 0 Å². The van der Waals surface area contributed by atoms with E-state index >= 15 is 0 Å². The van der Waals surface area contributed by atoms with Gasteiger partial charge in [0.15, 0.2) is 0 Å². The first-order valence-electron chi connectivity index (χ1n) is 6.81. The third-order valence-electron chi connectivity index (χ3n) is 3.58. The standard InChI is InChI=1S/C14H18ClFN4O/c1-4-19(5-2)13(21)8(3)20-12-7-10(16)9(15)6-11(12)18-14(20)17/h6-8H,4-5H2,1-3H3,(H2,17,18). The summed E-state index contributed by atoms with van der Waals surface area (Å²) in [7, 11) is 0. The van der Waals surface area contributed by atoms with Crippen molar-refractivity contribution in [2.45, 2.75) is 26.8 Å². The van der Waals surface area contributed by atoms with Crippen molar-refractivity contribution in [1.29, 1.82) is 0 Å². The maximum absolute atomic E-state index is 13.7. The van der Waals surface area contributed by atoms with Crippen LogP contribution in [0.2, 0.25) is 5.02 Å². The van der Waals surface area contributed by atoms with E-state index in [1.54, 1.807) is 11.8 Å². The number of rotatable bonds is 4. The highest BCUT2D eigenvalue weighted by Crippen LogP contribution is 2.28. The lowest BCUT2D eigenvalue weighted by atomic mass is 10.2. The zero-order chi connectivity index (χ0) is 15.7. The molecule has 5 nitrogen and oxygen atoms in total. The monoisotopic (exact) mass is 312 g/mol. The maximum atomic E-state index is 13.7. The van der Waals surface area contributed by atoms with Crippen molar-refractivity contribution < 1.29 is 9.18 Å². The molecule has 2 aromatic rings. The Hall–Kier alpha value is -1.82. The Morgan fingerprint density at radius 3 is 2.67 bits per heavy atom. The van der Waals surface area contributed by atoms with Crippen LogP contribution >= 0.6 is 11.6 Å². The van der Waals surface area contributed by atoms with Crippen molar-refractivity contribution in [2.75, 3.05) is 18.8 Å². The molecule has 2 N–H and O–H groups in total. The third-order valence-corrected chi connectivity index (χ3v) is 3.87. The van der Waals surface area contributed by atoms with Crippen LogP contribution in [0.4, 0.5) is 10.3 Å². The van der Waals surface area contributed by atoms with E-state index in [4.69, 9.17) is 17.3 Å². The van der Waals surface area contributed by atoms with Crippen LogP contribution in [0.25, 0.3) is 11.0 Å². The first-order valence-corrected chi connectivity index (χ1v) is 7.19. The van der Waals surface area contributed by atoms with Crippen LogP contribution in [0.3, 0.4) is 0 Å². The number of hydrogen-bond donors (Lipinski definition) is 1. The summed E-state index contributed by atoms with van der Waals surface area (Å²) >= 11 is 5.75. The molecule has 0 fully saturated rings. The van der Waals surface area contributed by atoms with Gasteiger partial charge in [0, 0.05) is 19.2 Å². The lowest BCUT2D eigenvalue weighted by molar-refractivity contribution is -0.133. The number of nitrogens with zero attached hydrogens (tertiary/aromatic N) is 3. The van der Waals surface area contributed by atoms with Crippen molar-refractivity contribution in [3.8, 4) is 0 Å². The molecule has 114 valence electrons. The number of fused-ring (bicyclic) bond motifs is 1. The Balaban J connectivity index is 2.53. The Morgan fingerprint density at radius 2 is 2.10 bits per heavy atom. The summed E-state index contributed by atoms with van der Waals surface area (Å²) < 4.78 is 15.2. The highest BCUT2D eigenvalue weighted by Gasteiger charge is 2.24. The number of aromatic nitrogens is 2. The fraction of sp³-hybridized carbons (Fsp3) is 0.429. The molecule has 0 radical (unpaired) electrons. The molecule has 21 heavy (non-hydrogen) atoms. The summed E-state index contributed by atoms with van der Waals surface area (Å²) in [6, 6.07) is 2.11. The number of likely N-dealkylation sites (N-methyl/N-ethyl adjacent to an activating group) is 1. The highest BCUT2D eigenvalue weighted by molar-refractivity contribution is 6.31. The molecule has 7 heteroatoms. The fourth-order valence-electron chi connectivity index (χ4n) is 2.43. The molecule has 0 aliphatic heterocycles. The van der Waals surface area contributed by atoms with Crippen LogP contribution in [0.15, 0.2) is 12.1 Å². The van der Waals surface area contributed by atoms with Gasteiger partial charge in [-0.2, -0.15) is 0 Å². The molecule has 1 aromatic heterocycles. The van der Waals surface area contributed by atoms with Gasteiger partial charge in [-0.1, -0.05) is 11.6 Å². The van der Waals surface area contributed by atoms with E-state index in [2.05, 4.69) is 4.98 Å². The number of nitrogens with two attached hydrogens (primary N) is 1. The number of benzene rings is 1. The summed E-state index contributed by atoms with van der Waals surface area (Å²) in [5, 5.41) is -0.0186. The molecule has 0 aliphatic rings. The first kappa shape index (κ1) is 15.6. The molecule has 0 saturated carbocycles. The normalized spacial score (nSPS) is 12.6. The van der Waals surface area contributed by atoms with E-state index in [-0.39, 0.29) is 16.9 Å². The van der Waals surface area contributed by atoms with Crippen molar-refractivity contribution in [1.82, 2.24) is 14.5 Å². The van der Waals surface area contributed by atoms with E-state index in [9.17, 15) is 9.18 Å². The molecule has 2 rings (SSSR count). The van der Waals surface area contributed by atoms with Gasteiger partial charge in [0.05, 0.1) is 16.1 Å². The minimum absolute atomic E-state index is 0.0186.